The first-order valence-electron chi connectivity index (χ1n) is 10.5. The predicted octanol–water partition coefficient (Wildman–Crippen LogP) is 8.31. The molecule has 152 valence electrons. The maximum atomic E-state index is 4.43. The summed E-state index contributed by atoms with van der Waals surface area (Å²) in [6.45, 7) is 17.6. The maximum absolute atomic E-state index is 4.43. The molecule has 0 N–H and O–H groups in total. The summed E-state index contributed by atoms with van der Waals surface area (Å²) in [6, 6.07) is 0. The van der Waals surface area contributed by atoms with Gasteiger partial charge < -0.3 is 0 Å². The fraction of sp³-hybridized carbons (Fsp3) is 0.444. The minimum absolute atomic E-state index is 0.278. The van der Waals surface area contributed by atoms with E-state index in [4.69, 9.17) is 0 Å². The Morgan fingerprint density at radius 1 is 1.04 bits per heavy atom. The zero-order valence-corrected chi connectivity index (χ0v) is 19.2. The molecular weight excluding hydrogens is 338 g/mol. The van der Waals surface area contributed by atoms with Crippen LogP contribution in [0.4, 0.5) is 0 Å². The minimum Gasteiger partial charge on any atom is -0.257 e. The molecule has 1 aliphatic rings. The zero-order valence-electron chi connectivity index (χ0n) is 19.2. The highest BCUT2D eigenvalue weighted by Gasteiger charge is 2.29. The number of hydrogen-bond donors (Lipinski definition) is 0. The second-order valence-electron chi connectivity index (χ2n) is 8.43. The summed E-state index contributed by atoms with van der Waals surface area (Å²) in [4.78, 5) is 4.43. The van der Waals surface area contributed by atoms with Gasteiger partial charge in [0.1, 0.15) is 0 Å². The van der Waals surface area contributed by atoms with Gasteiger partial charge in [0.05, 0.1) is 5.70 Å². The van der Waals surface area contributed by atoms with Crippen LogP contribution in [0.5, 0.6) is 0 Å². The molecule has 28 heavy (non-hydrogen) atoms. The minimum atomic E-state index is 0.278. The van der Waals surface area contributed by atoms with Crippen LogP contribution >= 0.6 is 0 Å². The molecule has 1 atom stereocenters. The predicted molar refractivity (Wildman–Crippen MR) is 128 cm³/mol. The monoisotopic (exact) mass is 377 g/mol. The number of hydrogen-bond acceptors (Lipinski definition) is 1. The highest BCUT2D eigenvalue weighted by Crippen LogP contribution is 2.43. The largest absolute Gasteiger partial charge is 0.257 e. The van der Waals surface area contributed by atoms with Crippen molar-refractivity contribution in [3.05, 3.63) is 82.7 Å². The van der Waals surface area contributed by atoms with Crippen molar-refractivity contribution in [3.63, 3.8) is 0 Å². The van der Waals surface area contributed by atoms with Gasteiger partial charge >= 0.3 is 0 Å². The smallest absolute Gasteiger partial charge is 0.0583 e. The average Bonchev–Trinajstić information content (AvgIpc) is 2.64. The highest BCUT2D eigenvalue weighted by molar-refractivity contribution is 5.74. The lowest BCUT2D eigenvalue weighted by Gasteiger charge is -2.36. The van der Waals surface area contributed by atoms with Crippen LogP contribution < -0.4 is 0 Å². The Morgan fingerprint density at radius 2 is 1.71 bits per heavy atom. The number of nitrogens with zero attached hydrogens (tertiary/aromatic N) is 1. The Hall–Kier alpha value is -2.15. The molecule has 0 saturated heterocycles. The summed E-state index contributed by atoms with van der Waals surface area (Å²) in [5.74, 6) is 0.696. The van der Waals surface area contributed by atoms with Gasteiger partial charge in [-0.15, -0.1) is 0 Å². The maximum Gasteiger partial charge on any atom is 0.0583 e. The first-order valence-corrected chi connectivity index (χ1v) is 10.5. The Kier molecular flexibility index (Phi) is 9.93. The van der Waals surface area contributed by atoms with Gasteiger partial charge in [-0.25, -0.2) is 0 Å². The Balaban J connectivity index is 2.78. The van der Waals surface area contributed by atoms with Crippen LogP contribution in [-0.2, 0) is 0 Å². The van der Waals surface area contributed by atoms with Crippen molar-refractivity contribution in [2.75, 3.05) is 0 Å². The molecule has 0 aliphatic heterocycles. The van der Waals surface area contributed by atoms with Gasteiger partial charge in [0, 0.05) is 6.21 Å². The Morgan fingerprint density at radius 3 is 2.36 bits per heavy atom. The summed E-state index contributed by atoms with van der Waals surface area (Å²) in [6.07, 6.45) is 23.4. The van der Waals surface area contributed by atoms with Gasteiger partial charge in [-0.3, -0.25) is 4.99 Å². The molecule has 1 nitrogen and oxygen atoms in total. The van der Waals surface area contributed by atoms with Gasteiger partial charge in [-0.05, 0) is 82.1 Å². The molecule has 0 radical (unpaired) electrons. The summed E-state index contributed by atoms with van der Waals surface area (Å²) < 4.78 is 0. The van der Waals surface area contributed by atoms with E-state index in [0.717, 1.165) is 5.70 Å². The van der Waals surface area contributed by atoms with Gasteiger partial charge in [-0.2, -0.15) is 0 Å². The molecule has 0 aromatic carbocycles. The molecule has 0 spiro atoms. The molecule has 0 bridgehead atoms. The molecule has 0 aromatic rings. The SMILES string of the molecule is C\C=C/C(=C\C)/N=C\C=C(C)/C=C/C=C(C)/C=C/C1=C(C)C(C)CCC1(C)C. The van der Waals surface area contributed by atoms with Crippen LogP contribution in [0.15, 0.2) is 87.7 Å². The Labute approximate surface area is 173 Å². The van der Waals surface area contributed by atoms with Crippen molar-refractivity contribution < 1.29 is 0 Å². The summed E-state index contributed by atoms with van der Waals surface area (Å²) in [5, 5.41) is 0. The fourth-order valence-electron chi connectivity index (χ4n) is 3.39. The molecule has 1 aliphatic carbocycles. The van der Waals surface area contributed by atoms with Crippen LogP contribution in [-0.4, -0.2) is 6.21 Å². The van der Waals surface area contributed by atoms with Crippen molar-refractivity contribution in [3.8, 4) is 0 Å². The fourth-order valence-corrected chi connectivity index (χ4v) is 3.39. The number of allylic oxidation sites excluding steroid dienone is 13. The first-order chi connectivity index (χ1) is 13.2. The number of aliphatic imine (C=N–C) groups is 1. The highest BCUT2D eigenvalue weighted by atomic mass is 14.7. The van der Waals surface area contributed by atoms with E-state index < -0.39 is 0 Å². The third-order valence-electron chi connectivity index (χ3n) is 5.52. The molecule has 0 heterocycles. The summed E-state index contributed by atoms with van der Waals surface area (Å²) in [5.41, 5.74) is 6.75. The van der Waals surface area contributed by atoms with Gasteiger partial charge in [-0.1, -0.05) is 74.4 Å². The van der Waals surface area contributed by atoms with Crippen molar-refractivity contribution in [2.24, 2.45) is 16.3 Å². The standard InChI is InChI=1S/C27H39N/c1-9-12-25(10-2)28-20-18-22(4)14-11-13-21(3)15-16-26-24(6)23(5)17-19-27(26,7)8/h9-16,18,20,23H,17,19H2,1-8H3/b12-9-,14-11+,16-15+,21-13+,22-18-,25-10+,28-20-. The van der Waals surface area contributed by atoms with E-state index in [1.807, 2.05) is 44.4 Å². The quantitative estimate of drug-likeness (QED) is 0.312. The van der Waals surface area contributed by atoms with Crippen molar-refractivity contribution in [2.45, 2.75) is 68.2 Å². The second-order valence-corrected chi connectivity index (χ2v) is 8.43. The molecule has 1 rings (SSSR count). The van der Waals surface area contributed by atoms with E-state index >= 15 is 0 Å². The van der Waals surface area contributed by atoms with Crippen LogP contribution in [0, 0.1) is 11.3 Å². The van der Waals surface area contributed by atoms with E-state index in [0.29, 0.717) is 5.92 Å². The van der Waals surface area contributed by atoms with Gasteiger partial charge in [0.2, 0.25) is 0 Å². The van der Waals surface area contributed by atoms with E-state index in [2.05, 4.69) is 76.9 Å². The third kappa shape index (κ3) is 7.84. The third-order valence-corrected chi connectivity index (χ3v) is 5.52. The second kappa shape index (κ2) is 11.6. The lowest BCUT2D eigenvalue weighted by Crippen LogP contribution is -2.23. The van der Waals surface area contributed by atoms with Gasteiger partial charge in [0.25, 0.3) is 0 Å². The van der Waals surface area contributed by atoms with Crippen molar-refractivity contribution >= 4 is 6.21 Å². The Bertz CT molecular complexity index is 758. The zero-order chi connectivity index (χ0) is 21.2. The van der Waals surface area contributed by atoms with E-state index in [1.165, 1.54) is 29.6 Å². The molecule has 0 aromatic heterocycles. The summed E-state index contributed by atoms with van der Waals surface area (Å²) in [7, 11) is 0. The van der Waals surface area contributed by atoms with E-state index in [-0.39, 0.29) is 5.41 Å². The van der Waals surface area contributed by atoms with Gasteiger partial charge in [0.15, 0.2) is 0 Å². The lowest BCUT2D eigenvalue weighted by molar-refractivity contribution is 0.339. The molecule has 1 heteroatoms. The molecule has 0 saturated carbocycles. The van der Waals surface area contributed by atoms with E-state index in [9.17, 15) is 0 Å². The van der Waals surface area contributed by atoms with Crippen molar-refractivity contribution in [1.29, 1.82) is 0 Å². The lowest BCUT2D eigenvalue weighted by atomic mass is 9.69. The molecular formula is C27H39N. The van der Waals surface area contributed by atoms with Crippen LogP contribution in [0.25, 0.3) is 0 Å². The topological polar surface area (TPSA) is 12.4 Å². The summed E-state index contributed by atoms with van der Waals surface area (Å²) >= 11 is 0. The average molecular weight is 378 g/mol. The van der Waals surface area contributed by atoms with E-state index in [1.54, 1.807) is 5.57 Å². The van der Waals surface area contributed by atoms with Crippen LogP contribution in [0.3, 0.4) is 0 Å². The van der Waals surface area contributed by atoms with Crippen LogP contribution in [0.2, 0.25) is 0 Å². The number of rotatable bonds is 7. The first kappa shape index (κ1) is 23.9. The van der Waals surface area contributed by atoms with Crippen LogP contribution in [0.1, 0.15) is 68.2 Å². The molecule has 1 unspecified atom stereocenters. The molecule has 0 amide bonds. The molecule has 0 fully saturated rings. The normalized spacial score (nSPS) is 22.6. The van der Waals surface area contributed by atoms with Crippen molar-refractivity contribution in [1.82, 2.24) is 0 Å².